The molecule has 0 saturated heterocycles. The molecule has 8 nitrogen and oxygen atoms in total. The molecule has 0 saturated carbocycles. The molecule has 0 radical (unpaired) electrons. The lowest BCUT2D eigenvalue weighted by atomic mass is 10.1. The molecule has 2 aromatic carbocycles. The molecule has 0 fully saturated rings. The Morgan fingerprint density at radius 1 is 1.20 bits per heavy atom. The third-order valence-electron chi connectivity index (χ3n) is 6.14. The standard InChI is InChI=1S/C27H28N6O2/c1-3-25(34)29-20-6-4-5-18(15-20)16-23-22-9-11-28-26(22)32-27(31-23)30-21-7-8-24-19(17-21)10-12-33(24)13-14-35-2/h3-9,11,15,17H,1,10,12-14,16H2,2H3,(H,29,34)(H2,28,30,31,32). The zero-order valence-corrected chi connectivity index (χ0v) is 19.7. The van der Waals surface area contributed by atoms with Crippen LogP contribution in [0.3, 0.4) is 0 Å². The van der Waals surface area contributed by atoms with E-state index in [0.717, 1.165) is 59.8 Å². The van der Waals surface area contributed by atoms with Crippen LogP contribution in [-0.2, 0) is 22.4 Å². The first-order valence-electron chi connectivity index (χ1n) is 11.6. The number of carbonyl (C=O) groups excluding carboxylic acids is 1. The van der Waals surface area contributed by atoms with Gasteiger partial charge in [0.25, 0.3) is 0 Å². The van der Waals surface area contributed by atoms with Crippen molar-refractivity contribution in [2.24, 2.45) is 0 Å². The molecule has 3 N–H and O–H groups in total. The molecule has 8 heteroatoms. The van der Waals surface area contributed by atoms with Crippen LogP contribution in [0.25, 0.3) is 11.0 Å². The van der Waals surface area contributed by atoms with E-state index in [2.05, 4.69) is 50.3 Å². The number of fused-ring (bicyclic) bond motifs is 2. The summed E-state index contributed by atoms with van der Waals surface area (Å²) in [5, 5.41) is 7.17. The Morgan fingerprint density at radius 3 is 2.97 bits per heavy atom. The van der Waals surface area contributed by atoms with Gasteiger partial charge in [0.15, 0.2) is 0 Å². The number of hydrogen-bond donors (Lipinski definition) is 3. The van der Waals surface area contributed by atoms with E-state index in [1.807, 2.05) is 36.5 Å². The minimum Gasteiger partial charge on any atom is -0.383 e. The second-order valence-electron chi connectivity index (χ2n) is 8.50. The van der Waals surface area contributed by atoms with Crippen LogP contribution in [0.15, 0.2) is 67.4 Å². The van der Waals surface area contributed by atoms with E-state index in [-0.39, 0.29) is 5.91 Å². The molecule has 5 rings (SSSR count). The maximum absolute atomic E-state index is 11.7. The number of aromatic amines is 1. The first kappa shape index (κ1) is 22.6. The first-order chi connectivity index (χ1) is 17.1. The van der Waals surface area contributed by atoms with Crippen molar-refractivity contribution >= 4 is 40.0 Å². The number of rotatable bonds is 9. The van der Waals surface area contributed by atoms with Gasteiger partial charge in [0.05, 0.1) is 12.3 Å². The molecule has 35 heavy (non-hydrogen) atoms. The summed E-state index contributed by atoms with van der Waals surface area (Å²) in [6.07, 6.45) is 4.74. The van der Waals surface area contributed by atoms with Gasteiger partial charge in [-0.15, -0.1) is 0 Å². The molecular formula is C27H28N6O2. The van der Waals surface area contributed by atoms with Crippen LogP contribution in [0.4, 0.5) is 23.0 Å². The fraction of sp³-hybridized carbons (Fsp3) is 0.222. The van der Waals surface area contributed by atoms with E-state index in [4.69, 9.17) is 9.72 Å². The molecule has 3 heterocycles. The fourth-order valence-electron chi connectivity index (χ4n) is 4.45. The lowest BCUT2D eigenvalue weighted by molar-refractivity contribution is -0.111. The number of benzene rings is 2. The van der Waals surface area contributed by atoms with Crippen molar-refractivity contribution in [3.63, 3.8) is 0 Å². The van der Waals surface area contributed by atoms with Crippen molar-refractivity contribution in [1.82, 2.24) is 15.0 Å². The van der Waals surface area contributed by atoms with Gasteiger partial charge in [0.1, 0.15) is 5.65 Å². The van der Waals surface area contributed by atoms with Crippen molar-refractivity contribution in [3.05, 3.63) is 84.2 Å². The Labute approximate surface area is 204 Å². The molecule has 0 unspecified atom stereocenters. The molecule has 0 bridgehead atoms. The van der Waals surface area contributed by atoms with Crippen LogP contribution in [-0.4, -0.2) is 47.7 Å². The smallest absolute Gasteiger partial charge is 0.247 e. The summed E-state index contributed by atoms with van der Waals surface area (Å²) in [6.45, 7) is 6.12. The van der Waals surface area contributed by atoms with Crippen LogP contribution >= 0.6 is 0 Å². The number of methoxy groups -OCH3 is 1. The summed E-state index contributed by atoms with van der Waals surface area (Å²) < 4.78 is 5.24. The summed E-state index contributed by atoms with van der Waals surface area (Å²) in [5.74, 6) is 0.306. The Kier molecular flexibility index (Phi) is 6.45. The number of aromatic nitrogens is 3. The Bertz CT molecular complexity index is 1380. The normalized spacial score (nSPS) is 12.5. The van der Waals surface area contributed by atoms with Gasteiger partial charge in [-0.2, -0.15) is 4.98 Å². The van der Waals surface area contributed by atoms with Gasteiger partial charge in [-0.05, 0) is 60.0 Å². The fourth-order valence-corrected chi connectivity index (χ4v) is 4.45. The monoisotopic (exact) mass is 468 g/mol. The second-order valence-corrected chi connectivity index (χ2v) is 8.50. The molecule has 0 spiro atoms. The molecule has 1 aliphatic rings. The zero-order valence-electron chi connectivity index (χ0n) is 19.7. The van der Waals surface area contributed by atoms with Gasteiger partial charge in [-0.3, -0.25) is 4.79 Å². The molecule has 1 amide bonds. The van der Waals surface area contributed by atoms with Crippen molar-refractivity contribution in [2.75, 3.05) is 42.3 Å². The molecule has 4 aromatic rings. The molecule has 0 aliphatic carbocycles. The highest BCUT2D eigenvalue weighted by molar-refractivity contribution is 5.98. The van der Waals surface area contributed by atoms with Crippen LogP contribution in [0.5, 0.6) is 0 Å². The number of ether oxygens (including phenoxy) is 1. The lowest BCUT2D eigenvalue weighted by Crippen LogP contribution is -2.24. The zero-order chi connectivity index (χ0) is 24.2. The minimum atomic E-state index is -0.236. The summed E-state index contributed by atoms with van der Waals surface area (Å²) in [6, 6.07) is 16.1. The summed E-state index contributed by atoms with van der Waals surface area (Å²) in [4.78, 5) is 26.8. The maximum atomic E-state index is 11.7. The van der Waals surface area contributed by atoms with E-state index in [1.165, 1.54) is 17.3 Å². The number of H-pyrrole nitrogens is 1. The van der Waals surface area contributed by atoms with E-state index < -0.39 is 0 Å². The Morgan fingerprint density at radius 2 is 2.11 bits per heavy atom. The van der Waals surface area contributed by atoms with Crippen LogP contribution in [0.2, 0.25) is 0 Å². The molecular weight excluding hydrogens is 440 g/mol. The quantitative estimate of drug-likeness (QED) is 0.315. The highest BCUT2D eigenvalue weighted by Gasteiger charge is 2.19. The van der Waals surface area contributed by atoms with Gasteiger partial charge in [-0.1, -0.05) is 18.7 Å². The summed E-state index contributed by atoms with van der Waals surface area (Å²) in [7, 11) is 1.73. The Hall–Kier alpha value is -4.17. The highest BCUT2D eigenvalue weighted by Crippen LogP contribution is 2.31. The number of nitrogens with one attached hydrogen (secondary N) is 3. The second kappa shape index (κ2) is 9.99. The van der Waals surface area contributed by atoms with Crippen molar-refractivity contribution in [1.29, 1.82) is 0 Å². The third kappa shape index (κ3) is 5.02. The number of carbonyl (C=O) groups is 1. The largest absolute Gasteiger partial charge is 0.383 e. The van der Waals surface area contributed by atoms with E-state index in [1.54, 1.807) is 7.11 Å². The number of anilines is 4. The molecule has 0 atom stereocenters. The van der Waals surface area contributed by atoms with Gasteiger partial charge in [-0.25, -0.2) is 4.98 Å². The topological polar surface area (TPSA) is 95.2 Å². The van der Waals surface area contributed by atoms with Crippen molar-refractivity contribution in [2.45, 2.75) is 12.8 Å². The van der Waals surface area contributed by atoms with Crippen LogP contribution in [0, 0.1) is 0 Å². The minimum absolute atomic E-state index is 0.236. The predicted molar refractivity (Wildman–Crippen MR) is 139 cm³/mol. The van der Waals surface area contributed by atoms with Crippen LogP contribution in [0.1, 0.15) is 16.8 Å². The lowest BCUT2D eigenvalue weighted by Gasteiger charge is -2.19. The van der Waals surface area contributed by atoms with Gasteiger partial charge in [0.2, 0.25) is 11.9 Å². The number of nitrogens with zero attached hydrogens (tertiary/aromatic N) is 3. The van der Waals surface area contributed by atoms with Crippen molar-refractivity contribution < 1.29 is 9.53 Å². The third-order valence-corrected chi connectivity index (χ3v) is 6.14. The average Bonchev–Trinajstić information content (AvgIpc) is 3.50. The first-order valence-corrected chi connectivity index (χ1v) is 11.6. The SMILES string of the molecule is C=CC(=O)Nc1cccc(Cc2nc(Nc3ccc4c(c3)CCN4CCOC)nc3[nH]ccc23)c1. The van der Waals surface area contributed by atoms with Crippen LogP contribution < -0.4 is 15.5 Å². The maximum Gasteiger partial charge on any atom is 0.247 e. The summed E-state index contributed by atoms with van der Waals surface area (Å²) >= 11 is 0. The number of amides is 1. The molecule has 1 aliphatic heterocycles. The average molecular weight is 469 g/mol. The van der Waals surface area contributed by atoms with Crippen molar-refractivity contribution in [3.8, 4) is 0 Å². The Balaban J connectivity index is 1.38. The van der Waals surface area contributed by atoms with Gasteiger partial charge < -0.3 is 25.3 Å². The highest BCUT2D eigenvalue weighted by atomic mass is 16.5. The summed E-state index contributed by atoms with van der Waals surface area (Å²) in [5.41, 5.74) is 6.97. The molecule has 2 aromatic heterocycles. The predicted octanol–water partition coefficient (Wildman–Crippen LogP) is 4.43. The molecule has 178 valence electrons. The van der Waals surface area contributed by atoms with E-state index in [0.29, 0.717) is 12.4 Å². The van der Waals surface area contributed by atoms with E-state index >= 15 is 0 Å². The van der Waals surface area contributed by atoms with Gasteiger partial charge in [0, 0.05) is 55.3 Å². The number of hydrogen-bond acceptors (Lipinski definition) is 6. The van der Waals surface area contributed by atoms with E-state index in [9.17, 15) is 4.79 Å². The van der Waals surface area contributed by atoms with Gasteiger partial charge >= 0.3 is 0 Å².